The third-order valence-electron chi connectivity index (χ3n) is 6.69. The molecule has 0 saturated carbocycles. The van der Waals surface area contributed by atoms with E-state index in [1.165, 1.54) is 18.9 Å². The summed E-state index contributed by atoms with van der Waals surface area (Å²) < 4.78 is 11.0. The minimum atomic E-state index is -1.36. The quantitative estimate of drug-likeness (QED) is 0.649. The molecule has 4 atom stereocenters. The maximum absolute atomic E-state index is 13.6. The van der Waals surface area contributed by atoms with Gasteiger partial charge in [-0.3, -0.25) is 24.1 Å². The third-order valence-corrected chi connectivity index (χ3v) is 6.69. The lowest BCUT2D eigenvalue weighted by Gasteiger charge is -2.34. The molecule has 0 aromatic heterocycles. The Morgan fingerprint density at radius 2 is 1.97 bits per heavy atom. The van der Waals surface area contributed by atoms with Crippen LogP contribution in [-0.4, -0.2) is 66.4 Å². The summed E-state index contributed by atoms with van der Waals surface area (Å²) in [6.07, 6.45) is -0.0693. The van der Waals surface area contributed by atoms with Crippen molar-refractivity contribution in [3.63, 3.8) is 0 Å². The summed E-state index contributed by atoms with van der Waals surface area (Å²) in [6, 6.07) is 3.91. The maximum atomic E-state index is 13.6. The Morgan fingerprint density at radius 1 is 1.23 bits per heavy atom. The number of Topliss-reactive ketones (excluding diaryl/α,β-unsaturated/α-hetero) is 1. The number of methoxy groups -OCH3 is 1. The summed E-state index contributed by atoms with van der Waals surface area (Å²) in [4.78, 5) is 54.6. The van der Waals surface area contributed by atoms with Crippen LogP contribution in [0, 0.1) is 19.8 Å². The van der Waals surface area contributed by atoms with Crippen molar-refractivity contribution in [3.05, 3.63) is 29.3 Å². The van der Waals surface area contributed by atoms with Gasteiger partial charge in [0, 0.05) is 25.8 Å². The number of aryl methyl sites for hydroxylation is 1. The summed E-state index contributed by atoms with van der Waals surface area (Å²) in [5.74, 6) is -2.05. The predicted octanol–water partition coefficient (Wildman–Crippen LogP) is 1.16. The lowest BCUT2D eigenvalue weighted by atomic mass is 9.80. The van der Waals surface area contributed by atoms with Crippen LogP contribution < -0.4 is 4.90 Å². The molecule has 0 unspecified atom stereocenters. The molecule has 0 radical (unpaired) electrons. The first-order chi connectivity index (χ1) is 14.2. The van der Waals surface area contributed by atoms with Gasteiger partial charge < -0.3 is 14.4 Å². The van der Waals surface area contributed by atoms with Crippen LogP contribution in [-0.2, 0) is 28.7 Å². The first kappa shape index (κ1) is 20.5. The lowest BCUT2D eigenvalue weighted by Crippen LogP contribution is -2.53. The van der Waals surface area contributed by atoms with E-state index < -0.39 is 29.6 Å². The van der Waals surface area contributed by atoms with Crippen LogP contribution >= 0.6 is 0 Å². The molecule has 0 N–H and O–H groups in total. The highest BCUT2D eigenvalue weighted by atomic mass is 16.6. The van der Waals surface area contributed by atoms with E-state index in [4.69, 9.17) is 9.47 Å². The van der Waals surface area contributed by atoms with Gasteiger partial charge >= 0.3 is 5.97 Å². The van der Waals surface area contributed by atoms with E-state index in [9.17, 15) is 19.2 Å². The van der Waals surface area contributed by atoms with Crippen molar-refractivity contribution in [1.29, 1.82) is 0 Å². The topological polar surface area (TPSA) is 93.2 Å². The Balaban J connectivity index is 1.88. The molecule has 3 saturated heterocycles. The Hall–Kier alpha value is -2.74. The molecule has 2 amide bonds. The standard InChI is InChI=1S/C22H26N2O6/c1-12-6-5-7-16(14(12)3)24-19-21(28)23(8-9-29-4)17(10-13(2)25)22(19)15(20(24)27)11-18(26)30-22/h5-7,15,17,19H,8-11H2,1-4H3/t15-,17+,19-,22-/m0/s1. The van der Waals surface area contributed by atoms with Crippen LogP contribution in [0.3, 0.4) is 0 Å². The summed E-state index contributed by atoms with van der Waals surface area (Å²) in [5, 5.41) is 0. The molecule has 1 aromatic carbocycles. The highest BCUT2D eigenvalue weighted by Gasteiger charge is 2.77. The normalized spacial score (nSPS) is 30.0. The van der Waals surface area contributed by atoms with Crippen LogP contribution in [0.5, 0.6) is 0 Å². The Morgan fingerprint density at radius 3 is 2.63 bits per heavy atom. The zero-order valence-electron chi connectivity index (χ0n) is 17.6. The van der Waals surface area contributed by atoms with Crippen molar-refractivity contribution in [2.45, 2.75) is 51.3 Å². The van der Waals surface area contributed by atoms with Gasteiger partial charge in [-0.2, -0.15) is 0 Å². The Kier molecular flexibility index (Phi) is 4.92. The summed E-state index contributed by atoms with van der Waals surface area (Å²) in [6.45, 7) is 5.81. The number of hydrogen-bond donors (Lipinski definition) is 0. The average Bonchev–Trinajstić information content (AvgIpc) is 3.21. The van der Waals surface area contributed by atoms with Crippen LogP contribution in [0.15, 0.2) is 18.2 Å². The smallest absolute Gasteiger partial charge is 0.307 e. The zero-order valence-corrected chi connectivity index (χ0v) is 17.6. The summed E-state index contributed by atoms with van der Waals surface area (Å²) >= 11 is 0. The monoisotopic (exact) mass is 414 g/mol. The highest BCUT2D eigenvalue weighted by Crippen LogP contribution is 2.55. The lowest BCUT2D eigenvalue weighted by molar-refractivity contribution is -0.152. The van der Waals surface area contributed by atoms with Gasteiger partial charge in [0.25, 0.3) is 5.91 Å². The number of hydrogen-bond acceptors (Lipinski definition) is 6. The second kappa shape index (κ2) is 7.19. The number of carbonyl (C=O) groups is 4. The number of carbonyl (C=O) groups excluding carboxylic acids is 4. The highest BCUT2D eigenvalue weighted by molar-refractivity contribution is 6.12. The molecule has 1 aromatic rings. The molecule has 3 aliphatic heterocycles. The first-order valence-corrected chi connectivity index (χ1v) is 10.1. The van der Waals surface area contributed by atoms with Crippen LogP contribution in [0.25, 0.3) is 0 Å². The van der Waals surface area contributed by atoms with Crippen LogP contribution in [0.4, 0.5) is 5.69 Å². The Labute approximate surface area is 175 Å². The SMILES string of the molecule is COCCN1C(=O)[C@@H]2N(c3cccc(C)c3C)C(=O)[C@@H]3CC(=O)O[C@@]23[C@H]1CC(C)=O. The fraction of sp³-hybridized carbons (Fsp3) is 0.545. The minimum absolute atomic E-state index is 0.0175. The van der Waals surface area contributed by atoms with Crippen molar-refractivity contribution in [2.75, 3.05) is 25.2 Å². The van der Waals surface area contributed by atoms with Crippen molar-refractivity contribution in [3.8, 4) is 0 Å². The van der Waals surface area contributed by atoms with E-state index >= 15 is 0 Å². The number of likely N-dealkylation sites (tertiary alicyclic amines) is 1. The molecular formula is C22H26N2O6. The largest absolute Gasteiger partial charge is 0.453 e. The maximum Gasteiger partial charge on any atom is 0.307 e. The van der Waals surface area contributed by atoms with Gasteiger partial charge in [-0.05, 0) is 38.0 Å². The van der Waals surface area contributed by atoms with E-state index in [1.54, 1.807) is 4.90 Å². The van der Waals surface area contributed by atoms with Gasteiger partial charge in [-0.1, -0.05) is 12.1 Å². The van der Waals surface area contributed by atoms with Crippen molar-refractivity contribution in [1.82, 2.24) is 4.90 Å². The van der Waals surface area contributed by atoms with Crippen molar-refractivity contribution in [2.24, 2.45) is 5.92 Å². The molecule has 0 bridgehead atoms. The first-order valence-electron chi connectivity index (χ1n) is 10.1. The third kappa shape index (κ3) is 2.70. The molecule has 8 nitrogen and oxygen atoms in total. The fourth-order valence-corrected chi connectivity index (χ4v) is 5.25. The number of nitrogens with zero attached hydrogens (tertiary/aromatic N) is 2. The number of benzene rings is 1. The van der Waals surface area contributed by atoms with Crippen molar-refractivity contribution >= 4 is 29.3 Å². The summed E-state index contributed by atoms with van der Waals surface area (Å²) in [7, 11) is 1.53. The molecule has 160 valence electrons. The number of ketones is 1. The number of amides is 2. The van der Waals surface area contributed by atoms with E-state index in [-0.39, 0.29) is 43.6 Å². The predicted molar refractivity (Wildman–Crippen MR) is 107 cm³/mol. The molecule has 3 aliphatic rings. The van der Waals surface area contributed by atoms with Gasteiger partial charge in [0.1, 0.15) is 5.78 Å². The Bertz CT molecular complexity index is 944. The van der Waals surface area contributed by atoms with Gasteiger partial charge in [0.05, 0.1) is 25.0 Å². The van der Waals surface area contributed by atoms with E-state index in [0.717, 1.165) is 11.1 Å². The second-order valence-electron chi connectivity index (χ2n) is 8.36. The number of esters is 1. The van der Waals surface area contributed by atoms with Crippen molar-refractivity contribution < 1.29 is 28.7 Å². The van der Waals surface area contributed by atoms with Gasteiger partial charge in [-0.15, -0.1) is 0 Å². The number of ether oxygens (including phenoxy) is 2. The van der Waals surface area contributed by atoms with E-state index in [1.807, 2.05) is 32.0 Å². The molecule has 30 heavy (non-hydrogen) atoms. The molecule has 8 heteroatoms. The zero-order chi connectivity index (χ0) is 21.8. The van der Waals surface area contributed by atoms with Gasteiger partial charge in [0.15, 0.2) is 11.6 Å². The molecule has 0 aliphatic carbocycles. The fourth-order valence-electron chi connectivity index (χ4n) is 5.25. The summed E-state index contributed by atoms with van der Waals surface area (Å²) in [5.41, 5.74) is 1.16. The molecule has 3 heterocycles. The molecule has 1 spiro atoms. The number of anilines is 1. The van der Waals surface area contributed by atoms with Crippen LogP contribution in [0.1, 0.15) is 30.9 Å². The van der Waals surface area contributed by atoms with Crippen LogP contribution in [0.2, 0.25) is 0 Å². The van der Waals surface area contributed by atoms with E-state index in [0.29, 0.717) is 5.69 Å². The molecule has 3 fully saturated rings. The number of rotatable bonds is 6. The average molecular weight is 414 g/mol. The second-order valence-corrected chi connectivity index (χ2v) is 8.36. The van der Waals surface area contributed by atoms with Gasteiger partial charge in [-0.25, -0.2) is 0 Å². The molecular weight excluding hydrogens is 388 g/mol. The minimum Gasteiger partial charge on any atom is -0.453 e. The molecule has 4 rings (SSSR count). The van der Waals surface area contributed by atoms with Gasteiger partial charge in [0.2, 0.25) is 5.91 Å². The van der Waals surface area contributed by atoms with E-state index in [2.05, 4.69) is 0 Å².